The molecule has 0 bridgehead atoms. The summed E-state index contributed by atoms with van der Waals surface area (Å²) in [7, 11) is 1.61. The maximum absolute atomic E-state index is 12.4. The van der Waals surface area contributed by atoms with Crippen molar-refractivity contribution >= 4 is 5.91 Å². The van der Waals surface area contributed by atoms with Crippen molar-refractivity contribution in [1.82, 2.24) is 5.32 Å². The SMILES string of the molecule is COCCOc1ccccc1C(=O)NCc1ccc(OC(C)C)cc1. The van der Waals surface area contributed by atoms with Crippen LogP contribution in [0.4, 0.5) is 0 Å². The van der Waals surface area contributed by atoms with Gasteiger partial charge in [0.25, 0.3) is 5.91 Å². The van der Waals surface area contributed by atoms with Gasteiger partial charge in [0.1, 0.15) is 18.1 Å². The Bertz CT molecular complexity index is 668. The number of methoxy groups -OCH3 is 1. The highest BCUT2D eigenvalue weighted by Gasteiger charge is 2.11. The first-order chi connectivity index (χ1) is 12.1. The summed E-state index contributed by atoms with van der Waals surface area (Å²) >= 11 is 0. The lowest BCUT2D eigenvalue weighted by Gasteiger charge is -2.12. The van der Waals surface area contributed by atoms with Gasteiger partial charge in [-0.2, -0.15) is 0 Å². The second kappa shape index (κ2) is 9.69. The second-order valence-electron chi connectivity index (χ2n) is 5.83. The van der Waals surface area contributed by atoms with Crippen molar-refractivity contribution in [3.63, 3.8) is 0 Å². The molecule has 0 saturated heterocycles. The molecule has 0 spiro atoms. The number of para-hydroxylation sites is 1. The Balaban J connectivity index is 1.93. The van der Waals surface area contributed by atoms with Crippen molar-refractivity contribution in [3.05, 3.63) is 59.7 Å². The van der Waals surface area contributed by atoms with Gasteiger partial charge in [0.15, 0.2) is 0 Å². The van der Waals surface area contributed by atoms with E-state index in [0.29, 0.717) is 31.1 Å². The lowest BCUT2D eigenvalue weighted by Crippen LogP contribution is -2.23. The quantitative estimate of drug-likeness (QED) is 0.709. The van der Waals surface area contributed by atoms with E-state index < -0.39 is 0 Å². The van der Waals surface area contributed by atoms with E-state index in [9.17, 15) is 4.79 Å². The van der Waals surface area contributed by atoms with Crippen molar-refractivity contribution < 1.29 is 19.0 Å². The number of amides is 1. The largest absolute Gasteiger partial charge is 0.491 e. The first-order valence-electron chi connectivity index (χ1n) is 8.34. The Morgan fingerprint density at radius 2 is 1.76 bits per heavy atom. The van der Waals surface area contributed by atoms with Gasteiger partial charge in [-0.3, -0.25) is 4.79 Å². The van der Waals surface area contributed by atoms with E-state index in [1.54, 1.807) is 19.2 Å². The van der Waals surface area contributed by atoms with E-state index in [1.807, 2.05) is 50.2 Å². The second-order valence-corrected chi connectivity index (χ2v) is 5.83. The van der Waals surface area contributed by atoms with E-state index in [1.165, 1.54) is 0 Å². The van der Waals surface area contributed by atoms with Crippen molar-refractivity contribution in [3.8, 4) is 11.5 Å². The molecular weight excluding hydrogens is 318 g/mol. The van der Waals surface area contributed by atoms with Gasteiger partial charge in [-0.15, -0.1) is 0 Å². The molecule has 0 saturated carbocycles. The number of carbonyl (C=O) groups is 1. The first-order valence-corrected chi connectivity index (χ1v) is 8.34. The molecule has 0 fully saturated rings. The molecule has 25 heavy (non-hydrogen) atoms. The van der Waals surface area contributed by atoms with Gasteiger partial charge in [-0.1, -0.05) is 24.3 Å². The number of hydrogen-bond donors (Lipinski definition) is 1. The van der Waals surface area contributed by atoms with Crippen molar-refractivity contribution in [2.24, 2.45) is 0 Å². The molecule has 0 aliphatic rings. The summed E-state index contributed by atoms with van der Waals surface area (Å²) in [6, 6.07) is 14.9. The van der Waals surface area contributed by atoms with E-state index in [2.05, 4.69) is 5.32 Å². The molecule has 5 nitrogen and oxygen atoms in total. The number of carbonyl (C=O) groups excluding carboxylic acids is 1. The maximum Gasteiger partial charge on any atom is 0.255 e. The predicted molar refractivity (Wildman–Crippen MR) is 97.2 cm³/mol. The normalized spacial score (nSPS) is 10.6. The highest BCUT2D eigenvalue weighted by Crippen LogP contribution is 2.18. The zero-order chi connectivity index (χ0) is 18.1. The van der Waals surface area contributed by atoms with Gasteiger partial charge in [0, 0.05) is 13.7 Å². The molecular formula is C20H25NO4. The molecule has 0 aliphatic carbocycles. The summed E-state index contributed by atoms with van der Waals surface area (Å²) in [6.45, 7) is 5.28. The van der Waals surface area contributed by atoms with Crippen LogP contribution in [0.25, 0.3) is 0 Å². The van der Waals surface area contributed by atoms with Crippen LogP contribution >= 0.6 is 0 Å². The molecule has 1 amide bonds. The Morgan fingerprint density at radius 1 is 1.04 bits per heavy atom. The molecule has 5 heteroatoms. The van der Waals surface area contributed by atoms with Crippen molar-refractivity contribution in [2.75, 3.05) is 20.3 Å². The number of nitrogens with one attached hydrogen (secondary N) is 1. The van der Waals surface area contributed by atoms with E-state index in [4.69, 9.17) is 14.2 Å². The summed E-state index contributed by atoms with van der Waals surface area (Å²) in [5.74, 6) is 1.20. The highest BCUT2D eigenvalue weighted by atomic mass is 16.5. The molecule has 0 radical (unpaired) electrons. The van der Waals surface area contributed by atoms with Gasteiger partial charge in [-0.25, -0.2) is 0 Å². The van der Waals surface area contributed by atoms with Crippen molar-refractivity contribution in [2.45, 2.75) is 26.5 Å². The summed E-state index contributed by atoms with van der Waals surface area (Å²) in [4.78, 5) is 12.4. The number of hydrogen-bond acceptors (Lipinski definition) is 4. The predicted octanol–water partition coefficient (Wildman–Crippen LogP) is 3.43. The molecule has 2 rings (SSSR count). The third kappa shape index (κ3) is 6.12. The van der Waals surface area contributed by atoms with Crippen LogP contribution in [-0.4, -0.2) is 32.3 Å². The Kier molecular flexibility index (Phi) is 7.29. The van der Waals surface area contributed by atoms with Crippen LogP contribution in [0.3, 0.4) is 0 Å². The maximum atomic E-state index is 12.4. The topological polar surface area (TPSA) is 56.8 Å². The van der Waals surface area contributed by atoms with Gasteiger partial charge >= 0.3 is 0 Å². The number of ether oxygens (including phenoxy) is 3. The van der Waals surface area contributed by atoms with E-state index >= 15 is 0 Å². The Morgan fingerprint density at radius 3 is 2.44 bits per heavy atom. The van der Waals surface area contributed by atoms with Crippen LogP contribution in [0.1, 0.15) is 29.8 Å². The van der Waals surface area contributed by atoms with Gasteiger partial charge < -0.3 is 19.5 Å². The van der Waals surface area contributed by atoms with E-state index in [0.717, 1.165) is 11.3 Å². The summed E-state index contributed by atoms with van der Waals surface area (Å²) in [5, 5.41) is 2.92. The minimum atomic E-state index is -0.171. The smallest absolute Gasteiger partial charge is 0.255 e. The first kappa shape index (κ1) is 18.8. The summed E-state index contributed by atoms with van der Waals surface area (Å²) in [6.07, 6.45) is 0.139. The zero-order valence-corrected chi connectivity index (χ0v) is 15.0. The molecule has 0 heterocycles. The standard InChI is InChI=1S/C20H25NO4/c1-15(2)25-17-10-8-16(9-11-17)14-21-20(22)18-6-4-5-7-19(18)24-13-12-23-3/h4-11,15H,12-14H2,1-3H3,(H,21,22). The third-order valence-corrected chi connectivity index (χ3v) is 3.42. The minimum Gasteiger partial charge on any atom is -0.491 e. The van der Waals surface area contributed by atoms with Crippen molar-refractivity contribution in [1.29, 1.82) is 0 Å². The highest BCUT2D eigenvalue weighted by molar-refractivity contribution is 5.96. The fraction of sp³-hybridized carbons (Fsp3) is 0.350. The van der Waals surface area contributed by atoms with Crippen LogP contribution < -0.4 is 14.8 Å². The summed E-state index contributed by atoms with van der Waals surface area (Å²) < 4.78 is 16.2. The number of benzene rings is 2. The van der Waals surface area contributed by atoms with E-state index in [-0.39, 0.29) is 12.0 Å². The molecule has 0 atom stereocenters. The minimum absolute atomic E-state index is 0.139. The van der Waals surface area contributed by atoms with Gasteiger partial charge in [0.2, 0.25) is 0 Å². The van der Waals surface area contributed by atoms with Crippen LogP contribution in [-0.2, 0) is 11.3 Å². The molecule has 1 N–H and O–H groups in total. The summed E-state index contributed by atoms with van der Waals surface area (Å²) in [5.41, 5.74) is 1.51. The molecule has 0 unspecified atom stereocenters. The number of rotatable bonds is 9. The van der Waals surface area contributed by atoms with Crippen LogP contribution in [0.5, 0.6) is 11.5 Å². The molecule has 0 aromatic heterocycles. The molecule has 2 aromatic carbocycles. The van der Waals surface area contributed by atoms with Crippen LogP contribution in [0.15, 0.2) is 48.5 Å². The molecule has 0 aliphatic heterocycles. The van der Waals surface area contributed by atoms with Crippen LogP contribution in [0.2, 0.25) is 0 Å². The fourth-order valence-corrected chi connectivity index (χ4v) is 2.25. The Hall–Kier alpha value is -2.53. The molecule has 2 aromatic rings. The fourth-order valence-electron chi connectivity index (χ4n) is 2.25. The lowest BCUT2D eigenvalue weighted by molar-refractivity contribution is 0.0943. The van der Waals surface area contributed by atoms with Gasteiger partial charge in [0.05, 0.1) is 18.3 Å². The third-order valence-electron chi connectivity index (χ3n) is 3.42. The lowest BCUT2D eigenvalue weighted by atomic mass is 10.1. The monoisotopic (exact) mass is 343 g/mol. The zero-order valence-electron chi connectivity index (χ0n) is 15.0. The average Bonchev–Trinajstić information content (AvgIpc) is 2.61. The van der Waals surface area contributed by atoms with Gasteiger partial charge in [-0.05, 0) is 43.7 Å². The average molecular weight is 343 g/mol. The van der Waals surface area contributed by atoms with Crippen LogP contribution in [0, 0.1) is 0 Å². The molecule has 134 valence electrons. The Labute approximate surface area is 148 Å².